The topological polar surface area (TPSA) is 88.0 Å². The Bertz CT molecular complexity index is 1150. The second-order valence-electron chi connectivity index (χ2n) is 5.20. The second-order valence-corrected chi connectivity index (χ2v) is 6.91. The summed E-state index contributed by atoms with van der Waals surface area (Å²) in [5, 5.41) is 5.12. The van der Waals surface area contributed by atoms with Gasteiger partial charge < -0.3 is 4.42 Å². The third kappa shape index (κ3) is 3.13. The fourth-order valence-electron chi connectivity index (χ4n) is 2.38. The zero-order valence-electron chi connectivity index (χ0n) is 12.6. The highest BCUT2D eigenvalue weighted by Crippen LogP contribution is 2.27. The molecule has 2 aromatic heterocycles. The van der Waals surface area contributed by atoms with E-state index in [9.17, 15) is 9.59 Å². The average molecular weight is 416 g/mol. The van der Waals surface area contributed by atoms with E-state index in [0.29, 0.717) is 27.5 Å². The van der Waals surface area contributed by atoms with E-state index < -0.39 is 5.76 Å². The smallest absolute Gasteiger partial charge is 0.408 e. The Morgan fingerprint density at radius 2 is 2.08 bits per heavy atom. The lowest BCUT2D eigenvalue weighted by atomic mass is 10.1. The predicted octanol–water partition coefficient (Wildman–Crippen LogP) is 4.26. The molecule has 25 heavy (non-hydrogen) atoms. The van der Waals surface area contributed by atoms with E-state index in [1.807, 2.05) is 23.6 Å². The minimum atomic E-state index is -0.494. The Labute approximate surface area is 153 Å². The number of aromatic nitrogens is 2. The van der Waals surface area contributed by atoms with Gasteiger partial charge in [0.15, 0.2) is 10.7 Å². The van der Waals surface area contributed by atoms with Crippen molar-refractivity contribution in [2.45, 2.75) is 0 Å². The minimum absolute atomic E-state index is 0.236. The Morgan fingerprint density at radius 1 is 1.24 bits per heavy atom. The van der Waals surface area contributed by atoms with Crippen molar-refractivity contribution in [3.8, 4) is 11.3 Å². The number of H-pyrrole nitrogens is 1. The van der Waals surface area contributed by atoms with Crippen molar-refractivity contribution in [3.05, 3.63) is 68.4 Å². The van der Waals surface area contributed by atoms with Crippen LogP contribution in [-0.4, -0.2) is 15.9 Å². The number of carbonyl (C=O) groups excluding carboxylic acids is 1. The molecule has 0 saturated heterocycles. The molecule has 0 fully saturated rings. The molecule has 0 atom stereocenters. The van der Waals surface area contributed by atoms with E-state index in [4.69, 9.17) is 4.42 Å². The highest BCUT2D eigenvalue weighted by molar-refractivity contribution is 9.10. The number of fused-ring (bicyclic) bond motifs is 1. The molecule has 0 unspecified atom stereocenters. The molecule has 2 aromatic carbocycles. The van der Waals surface area contributed by atoms with Crippen molar-refractivity contribution in [3.63, 3.8) is 0 Å². The summed E-state index contributed by atoms with van der Waals surface area (Å²) in [7, 11) is 0. The van der Waals surface area contributed by atoms with Gasteiger partial charge in [-0.2, -0.15) is 0 Å². The molecule has 4 rings (SSSR count). The zero-order valence-corrected chi connectivity index (χ0v) is 15.0. The van der Waals surface area contributed by atoms with Crippen molar-refractivity contribution in [2.24, 2.45) is 0 Å². The first-order valence-corrected chi connectivity index (χ1v) is 8.92. The molecule has 0 spiro atoms. The van der Waals surface area contributed by atoms with Gasteiger partial charge in [0.25, 0.3) is 5.91 Å². The van der Waals surface area contributed by atoms with E-state index in [1.165, 1.54) is 11.3 Å². The third-order valence-electron chi connectivity index (χ3n) is 3.56. The zero-order chi connectivity index (χ0) is 17.4. The van der Waals surface area contributed by atoms with Gasteiger partial charge in [-0.15, -0.1) is 11.3 Å². The normalized spacial score (nSPS) is 10.9. The van der Waals surface area contributed by atoms with Crippen LogP contribution in [0.1, 0.15) is 10.4 Å². The number of hydrogen-bond acceptors (Lipinski definition) is 5. The van der Waals surface area contributed by atoms with E-state index in [1.54, 1.807) is 24.3 Å². The van der Waals surface area contributed by atoms with Gasteiger partial charge in [-0.25, -0.2) is 9.78 Å². The van der Waals surface area contributed by atoms with Gasteiger partial charge in [0.1, 0.15) is 0 Å². The minimum Gasteiger partial charge on any atom is -0.408 e. The molecule has 8 heteroatoms. The van der Waals surface area contributed by atoms with Crippen molar-refractivity contribution in [2.75, 3.05) is 5.32 Å². The lowest BCUT2D eigenvalue weighted by molar-refractivity contribution is 0.102. The predicted molar refractivity (Wildman–Crippen MR) is 100 cm³/mol. The summed E-state index contributed by atoms with van der Waals surface area (Å²) in [4.78, 5) is 30.6. The van der Waals surface area contributed by atoms with Gasteiger partial charge in [-0.3, -0.25) is 15.1 Å². The molecule has 4 aromatic rings. The average Bonchev–Trinajstić information content (AvgIpc) is 3.19. The maximum Gasteiger partial charge on any atom is 0.417 e. The molecule has 0 bridgehead atoms. The van der Waals surface area contributed by atoms with Crippen LogP contribution in [-0.2, 0) is 0 Å². The van der Waals surface area contributed by atoms with Crippen LogP contribution in [0.25, 0.3) is 22.4 Å². The largest absolute Gasteiger partial charge is 0.417 e. The van der Waals surface area contributed by atoms with Gasteiger partial charge in [-0.05, 0) is 40.2 Å². The summed E-state index contributed by atoms with van der Waals surface area (Å²) >= 11 is 4.69. The summed E-state index contributed by atoms with van der Waals surface area (Å²) in [6, 6.07) is 12.5. The van der Waals surface area contributed by atoms with Crippen molar-refractivity contribution in [1.82, 2.24) is 9.97 Å². The van der Waals surface area contributed by atoms with Gasteiger partial charge in [0, 0.05) is 15.4 Å². The highest BCUT2D eigenvalue weighted by Gasteiger charge is 2.13. The molecule has 0 aliphatic carbocycles. The van der Waals surface area contributed by atoms with E-state index in [-0.39, 0.29) is 5.91 Å². The Morgan fingerprint density at radius 3 is 2.92 bits per heavy atom. The van der Waals surface area contributed by atoms with Crippen molar-refractivity contribution < 1.29 is 9.21 Å². The SMILES string of the molecule is O=C(Nc1nc(-c2ccc3[nH]c(=O)oc3c2)cs1)c1ccccc1Br. The van der Waals surface area contributed by atoms with Crippen LogP contribution in [0.4, 0.5) is 5.13 Å². The number of hydrogen-bond donors (Lipinski definition) is 2. The first-order chi connectivity index (χ1) is 12.1. The quantitative estimate of drug-likeness (QED) is 0.523. The molecule has 2 heterocycles. The molecule has 124 valence electrons. The van der Waals surface area contributed by atoms with Crippen LogP contribution in [0, 0.1) is 0 Å². The van der Waals surface area contributed by atoms with Crippen molar-refractivity contribution >= 4 is 49.4 Å². The number of oxazole rings is 1. The van der Waals surface area contributed by atoms with Crippen molar-refractivity contribution in [1.29, 1.82) is 0 Å². The lowest BCUT2D eigenvalue weighted by Gasteiger charge is -2.03. The summed E-state index contributed by atoms with van der Waals surface area (Å²) < 4.78 is 5.78. The standard InChI is InChI=1S/C17H10BrN3O3S/c18-11-4-2-1-3-10(11)15(22)21-16-19-13(8-25-16)9-5-6-12-14(7-9)24-17(23)20-12/h1-8H,(H,20,23)(H,19,21,22). The van der Waals surface area contributed by atoms with Crippen LogP contribution >= 0.6 is 27.3 Å². The molecule has 0 saturated carbocycles. The van der Waals surface area contributed by atoms with Gasteiger partial charge in [0.2, 0.25) is 0 Å². The summed E-state index contributed by atoms with van der Waals surface area (Å²) in [6.45, 7) is 0. The molecule has 0 radical (unpaired) electrons. The molecule has 1 amide bonds. The summed E-state index contributed by atoms with van der Waals surface area (Å²) in [5.74, 6) is -0.729. The van der Waals surface area contributed by atoms with Gasteiger partial charge in [0.05, 0.1) is 16.8 Å². The van der Waals surface area contributed by atoms with Crippen LogP contribution in [0.15, 0.2) is 61.5 Å². The first-order valence-electron chi connectivity index (χ1n) is 7.25. The molecule has 0 aliphatic rings. The molecule has 0 aliphatic heterocycles. The number of nitrogens with zero attached hydrogens (tertiary/aromatic N) is 1. The third-order valence-corrected chi connectivity index (χ3v) is 5.01. The maximum absolute atomic E-state index is 12.3. The fraction of sp³-hybridized carbons (Fsp3) is 0. The number of amides is 1. The van der Waals surface area contributed by atoms with E-state index in [2.05, 4.69) is 31.2 Å². The fourth-order valence-corrected chi connectivity index (χ4v) is 3.56. The number of rotatable bonds is 3. The van der Waals surface area contributed by atoms with Gasteiger partial charge in [-0.1, -0.05) is 18.2 Å². The summed E-state index contributed by atoms with van der Waals surface area (Å²) in [5.41, 5.74) is 3.13. The van der Waals surface area contributed by atoms with Gasteiger partial charge >= 0.3 is 5.76 Å². The maximum atomic E-state index is 12.3. The lowest BCUT2D eigenvalue weighted by Crippen LogP contribution is -2.12. The highest BCUT2D eigenvalue weighted by atomic mass is 79.9. The second kappa shape index (κ2) is 6.30. The van der Waals surface area contributed by atoms with Crippen LogP contribution in [0.5, 0.6) is 0 Å². The monoisotopic (exact) mass is 415 g/mol. The number of aromatic amines is 1. The molecule has 6 nitrogen and oxygen atoms in total. The first kappa shape index (κ1) is 15.8. The number of nitrogens with one attached hydrogen (secondary N) is 2. The van der Waals surface area contributed by atoms with Crippen LogP contribution < -0.4 is 11.1 Å². The molecular weight excluding hydrogens is 406 g/mol. The van der Waals surface area contributed by atoms with E-state index in [0.717, 1.165) is 10.0 Å². The summed E-state index contributed by atoms with van der Waals surface area (Å²) in [6.07, 6.45) is 0. The Hall–Kier alpha value is -2.71. The number of thiazole rings is 1. The number of halogens is 1. The molecular formula is C17H10BrN3O3S. The van der Waals surface area contributed by atoms with Crippen LogP contribution in [0.3, 0.4) is 0 Å². The Balaban J connectivity index is 1.60. The number of anilines is 1. The number of carbonyl (C=O) groups is 1. The van der Waals surface area contributed by atoms with Crippen LogP contribution in [0.2, 0.25) is 0 Å². The number of benzene rings is 2. The molecule has 2 N–H and O–H groups in total. The van der Waals surface area contributed by atoms with E-state index >= 15 is 0 Å². The Kier molecular flexibility index (Phi) is 3.98.